The van der Waals surface area contributed by atoms with Gasteiger partial charge in [-0.25, -0.2) is 4.98 Å². The number of hydrogen-bond donors (Lipinski definition) is 2. The molecule has 0 unspecified atom stereocenters. The summed E-state index contributed by atoms with van der Waals surface area (Å²) in [4.78, 5) is 4.59. The molecular weight excluding hydrogens is 138 g/mol. The van der Waals surface area contributed by atoms with Crippen molar-refractivity contribution in [1.82, 2.24) is 4.98 Å². The Kier molecular flexibility index (Phi) is 1.80. The van der Waals surface area contributed by atoms with Gasteiger partial charge in [0.25, 0.3) is 0 Å². The van der Waals surface area contributed by atoms with Crippen LogP contribution < -0.4 is 0 Å². The third kappa shape index (κ3) is 1.27. The van der Waals surface area contributed by atoms with E-state index < -0.39 is 6.29 Å². The maximum atomic E-state index is 8.59. The van der Waals surface area contributed by atoms with Gasteiger partial charge in [0.2, 0.25) is 0 Å². The lowest BCUT2D eigenvalue weighted by Crippen LogP contribution is -1.95. The van der Waals surface area contributed by atoms with E-state index in [0.29, 0.717) is 5.69 Å². The molecule has 3 nitrogen and oxygen atoms in total. The van der Waals surface area contributed by atoms with Crippen molar-refractivity contribution in [1.29, 1.82) is 0 Å². The molecule has 9 heavy (non-hydrogen) atoms. The van der Waals surface area contributed by atoms with Crippen molar-refractivity contribution in [2.75, 3.05) is 0 Å². The predicted molar refractivity (Wildman–Crippen MR) is 34.0 cm³/mol. The molecule has 0 aliphatic rings. The first-order valence-corrected chi connectivity index (χ1v) is 3.36. The van der Waals surface area contributed by atoms with Gasteiger partial charge in [-0.15, -0.1) is 11.3 Å². The molecule has 0 saturated heterocycles. The average molecular weight is 145 g/mol. The molecule has 0 aliphatic heterocycles. The summed E-state index contributed by atoms with van der Waals surface area (Å²) in [7, 11) is 0. The molecule has 0 spiro atoms. The lowest BCUT2D eigenvalue weighted by atomic mass is 10.4. The van der Waals surface area contributed by atoms with E-state index in [-0.39, 0.29) is 0 Å². The van der Waals surface area contributed by atoms with E-state index in [4.69, 9.17) is 10.2 Å². The van der Waals surface area contributed by atoms with Crippen molar-refractivity contribution < 1.29 is 10.2 Å². The highest BCUT2D eigenvalue weighted by Crippen LogP contribution is 2.16. The molecule has 50 valence electrons. The Hall–Kier alpha value is -0.450. The lowest BCUT2D eigenvalue weighted by Gasteiger charge is -1.97. The molecule has 4 heteroatoms. The van der Waals surface area contributed by atoms with Crippen molar-refractivity contribution >= 4 is 11.3 Å². The van der Waals surface area contributed by atoms with Crippen molar-refractivity contribution in [3.8, 4) is 0 Å². The van der Waals surface area contributed by atoms with Gasteiger partial charge in [0.1, 0.15) is 5.69 Å². The largest absolute Gasteiger partial charge is 0.363 e. The molecular formula is C5H7NO2S. The highest BCUT2D eigenvalue weighted by atomic mass is 32.1. The molecule has 1 rings (SSSR count). The Bertz CT molecular complexity index is 197. The normalized spacial score (nSPS) is 10.7. The van der Waals surface area contributed by atoms with Gasteiger partial charge in [-0.2, -0.15) is 0 Å². The zero-order chi connectivity index (χ0) is 6.85. The van der Waals surface area contributed by atoms with Crippen molar-refractivity contribution in [3.05, 3.63) is 16.1 Å². The Labute approximate surface area is 56.6 Å². The van der Waals surface area contributed by atoms with Gasteiger partial charge in [0, 0.05) is 4.88 Å². The molecule has 1 aromatic heterocycles. The predicted octanol–water partition coefficient (Wildman–Crippen LogP) is 0.435. The van der Waals surface area contributed by atoms with Crippen LogP contribution in [0.3, 0.4) is 0 Å². The van der Waals surface area contributed by atoms with Crippen LogP contribution in [0.2, 0.25) is 0 Å². The van der Waals surface area contributed by atoms with Crippen LogP contribution in [0.5, 0.6) is 0 Å². The number of nitrogens with zero attached hydrogens (tertiary/aromatic N) is 1. The molecule has 0 amide bonds. The maximum Gasteiger partial charge on any atom is 0.197 e. The van der Waals surface area contributed by atoms with Crippen LogP contribution in [0, 0.1) is 6.92 Å². The Balaban J connectivity index is 2.94. The number of aliphatic hydroxyl groups is 2. The van der Waals surface area contributed by atoms with Gasteiger partial charge in [0.15, 0.2) is 6.29 Å². The minimum atomic E-state index is -1.42. The molecule has 1 aromatic rings. The zero-order valence-corrected chi connectivity index (χ0v) is 5.72. The van der Waals surface area contributed by atoms with Crippen LogP contribution in [0.4, 0.5) is 0 Å². The fraction of sp³-hybridized carbons (Fsp3) is 0.400. The molecule has 1 heterocycles. The number of aryl methyl sites for hydroxylation is 1. The van der Waals surface area contributed by atoms with E-state index in [9.17, 15) is 0 Å². The summed E-state index contributed by atoms with van der Waals surface area (Å²) >= 11 is 1.40. The summed E-state index contributed by atoms with van der Waals surface area (Å²) in [5.74, 6) is 0. The number of aliphatic hydroxyl groups excluding tert-OH is 1. The van der Waals surface area contributed by atoms with Crippen LogP contribution in [0.25, 0.3) is 0 Å². The van der Waals surface area contributed by atoms with Gasteiger partial charge in [0.05, 0.1) is 5.51 Å². The van der Waals surface area contributed by atoms with Crippen molar-refractivity contribution in [2.24, 2.45) is 0 Å². The van der Waals surface area contributed by atoms with Gasteiger partial charge >= 0.3 is 0 Å². The quantitative estimate of drug-likeness (QED) is 0.563. The smallest absolute Gasteiger partial charge is 0.197 e. The van der Waals surface area contributed by atoms with Gasteiger partial charge in [-0.1, -0.05) is 0 Å². The molecule has 0 atom stereocenters. The number of thiazole rings is 1. The van der Waals surface area contributed by atoms with Crippen LogP contribution in [0.1, 0.15) is 16.9 Å². The van der Waals surface area contributed by atoms with Crippen LogP contribution >= 0.6 is 11.3 Å². The second-order valence-corrected chi connectivity index (χ2v) is 2.73. The maximum absolute atomic E-state index is 8.59. The minimum absolute atomic E-state index is 0.361. The third-order valence-corrected chi connectivity index (χ3v) is 1.80. The van der Waals surface area contributed by atoms with E-state index in [1.165, 1.54) is 11.3 Å². The number of rotatable bonds is 1. The molecule has 0 aliphatic carbocycles. The summed E-state index contributed by atoms with van der Waals surface area (Å²) in [6, 6.07) is 0. The Morgan fingerprint density at radius 1 is 1.67 bits per heavy atom. The van der Waals surface area contributed by atoms with Gasteiger partial charge < -0.3 is 10.2 Å². The summed E-state index contributed by atoms with van der Waals surface area (Å²) in [6.07, 6.45) is -1.42. The fourth-order valence-electron chi connectivity index (χ4n) is 0.562. The number of hydrogen-bond acceptors (Lipinski definition) is 4. The van der Waals surface area contributed by atoms with E-state index in [1.807, 2.05) is 0 Å². The first-order chi connectivity index (χ1) is 4.22. The summed E-state index contributed by atoms with van der Waals surface area (Å²) in [5, 5.41) is 17.2. The Morgan fingerprint density at radius 2 is 2.33 bits per heavy atom. The summed E-state index contributed by atoms with van der Waals surface area (Å²) in [6.45, 7) is 1.80. The highest BCUT2D eigenvalue weighted by molar-refractivity contribution is 7.09. The van der Waals surface area contributed by atoms with Crippen LogP contribution in [-0.2, 0) is 0 Å². The van der Waals surface area contributed by atoms with E-state index in [2.05, 4.69) is 4.98 Å². The van der Waals surface area contributed by atoms with Crippen molar-refractivity contribution in [3.63, 3.8) is 0 Å². The molecule has 0 bridgehead atoms. The monoisotopic (exact) mass is 145 g/mol. The number of aromatic nitrogens is 1. The highest BCUT2D eigenvalue weighted by Gasteiger charge is 2.07. The van der Waals surface area contributed by atoms with E-state index in [0.717, 1.165) is 4.88 Å². The lowest BCUT2D eigenvalue weighted by molar-refractivity contribution is -0.0458. The molecule has 0 aromatic carbocycles. The zero-order valence-electron chi connectivity index (χ0n) is 4.90. The summed E-state index contributed by atoms with van der Waals surface area (Å²) in [5.41, 5.74) is 1.95. The molecule has 2 N–H and O–H groups in total. The van der Waals surface area contributed by atoms with Gasteiger partial charge in [-0.05, 0) is 6.92 Å². The Morgan fingerprint density at radius 3 is 2.56 bits per heavy atom. The minimum Gasteiger partial charge on any atom is -0.363 e. The first-order valence-electron chi connectivity index (χ1n) is 2.48. The van der Waals surface area contributed by atoms with Crippen molar-refractivity contribution in [2.45, 2.75) is 13.2 Å². The fourth-order valence-corrected chi connectivity index (χ4v) is 1.17. The van der Waals surface area contributed by atoms with E-state index in [1.54, 1.807) is 12.4 Å². The third-order valence-electron chi connectivity index (χ3n) is 1.03. The molecule has 0 saturated carbocycles. The molecule has 0 radical (unpaired) electrons. The van der Waals surface area contributed by atoms with Crippen LogP contribution in [0.15, 0.2) is 5.51 Å². The summed E-state index contributed by atoms with van der Waals surface area (Å²) < 4.78 is 0. The molecule has 0 fully saturated rings. The first kappa shape index (κ1) is 6.67. The average Bonchev–Trinajstić information content (AvgIpc) is 2.13. The topological polar surface area (TPSA) is 53.4 Å². The standard InChI is InChI=1S/C5H7NO2S/c1-3-4(5(7)8)6-2-9-3/h2,5,7-8H,1H3. The second kappa shape index (κ2) is 2.43. The SMILES string of the molecule is Cc1scnc1C(O)O. The van der Waals surface area contributed by atoms with Gasteiger partial charge in [-0.3, -0.25) is 0 Å². The second-order valence-electron chi connectivity index (χ2n) is 1.67. The van der Waals surface area contributed by atoms with Crippen LogP contribution in [-0.4, -0.2) is 15.2 Å². The van der Waals surface area contributed by atoms with E-state index >= 15 is 0 Å².